The van der Waals surface area contributed by atoms with Crippen molar-refractivity contribution in [3.8, 4) is 0 Å². The number of hydrogen-bond acceptors (Lipinski definition) is 2. The number of pyridine rings is 1. The Hall–Kier alpha value is -0.530. The molecule has 6 heteroatoms. The van der Waals surface area contributed by atoms with Gasteiger partial charge < -0.3 is 5.73 Å². The topological polar surface area (TPSA) is 38.9 Å². The molecule has 0 atom stereocenters. The number of nitrogens with two attached hydrogens (primary N) is 1. The molecule has 0 aliphatic rings. The molecule has 1 aromatic heterocycles. The predicted octanol–water partition coefficient (Wildman–Crippen LogP) is 2.29. The Morgan fingerprint density at radius 2 is 2.00 bits per heavy atom. The molecule has 0 unspecified atom stereocenters. The van der Waals surface area contributed by atoms with Gasteiger partial charge in [0.25, 0.3) is 0 Å². The first kappa shape index (κ1) is 9.56. The van der Waals surface area contributed by atoms with Crippen molar-refractivity contribution in [2.24, 2.45) is 0 Å². The summed E-state index contributed by atoms with van der Waals surface area (Å²) < 4.78 is 36.2. The number of nitrogens with zero attached hydrogens (tertiary/aromatic N) is 1. The van der Waals surface area contributed by atoms with Crippen LogP contribution < -0.4 is 5.73 Å². The van der Waals surface area contributed by atoms with E-state index in [9.17, 15) is 13.2 Å². The van der Waals surface area contributed by atoms with Crippen LogP contribution in [0.4, 0.5) is 18.9 Å². The molecule has 2 nitrogen and oxygen atoms in total. The van der Waals surface area contributed by atoms with Gasteiger partial charge in [0, 0.05) is 3.57 Å². The van der Waals surface area contributed by atoms with Gasteiger partial charge in [-0.3, -0.25) is 0 Å². The minimum Gasteiger partial charge on any atom is -0.397 e. The summed E-state index contributed by atoms with van der Waals surface area (Å²) in [6, 6.07) is 1.23. The summed E-state index contributed by atoms with van der Waals surface area (Å²) in [5.74, 6) is 0. The van der Waals surface area contributed by atoms with E-state index in [0.29, 0.717) is 0 Å². The molecule has 0 aliphatic carbocycles. The van der Waals surface area contributed by atoms with Gasteiger partial charge in [-0.25, -0.2) is 4.98 Å². The second kappa shape index (κ2) is 3.08. The van der Waals surface area contributed by atoms with E-state index in [4.69, 9.17) is 5.73 Å². The first-order chi connectivity index (χ1) is 5.41. The Bertz CT molecular complexity index is 297. The lowest BCUT2D eigenvalue weighted by atomic mass is 10.3. The van der Waals surface area contributed by atoms with Gasteiger partial charge >= 0.3 is 6.18 Å². The molecule has 1 rings (SSSR count). The molecule has 0 spiro atoms. The zero-order valence-electron chi connectivity index (χ0n) is 5.69. The zero-order valence-corrected chi connectivity index (χ0v) is 7.85. The zero-order chi connectivity index (χ0) is 9.35. The number of hydrogen-bond donors (Lipinski definition) is 1. The fourth-order valence-electron chi connectivity index (χ4n) is 0.661. The Morgan fingerprint density at radius 1 is 1.42 bits per heavy atom. The Labute approximate surface area is 80.1 Å². The minimum atomic E-state index is -4.40. The van der Waals surface area contributed by atoms with Gasteiger partial charge in [-0.1, -0.05) is 0 Å². The molecule has 1 heterocycles. The third-order valence-corrected chi connectivity index (χ3v) is 1.95. The Balaban J connectivity index is 3.19. The van der Waals surface area contributed by atoms with Gasteiger partial charge in [-0.15, -0.1) is 0 Å². The summed E-state index contributed by atoms with van der Waals surface area (Å²) in [5.41, 5.74) is 4.57. The number of halogens is 4. The van der Waals surface area contributed by atoms with E-state index in [1.54, 1.807) is 22.6 Å². The van der Waals surface area contributed by atoms with Gasteiger partial charge in [-0.2, -0.15) is 13.2 Å². The molecule has 66 valence electrons. The highest BCUT2D eigenvalue weighted by molar-refractivity contribution is 14.1. The van der Waals surface area contributed by atoms with Crippen LogP contribution in [0.5, 0.6) is 0 Å². The smallest absolute Gasteiger partial charge is 0.397 e. The van der Waals surface area contributed by atoms with Crippen molar-refractivity contribution < 1.29 is 13.2 Å². The highest BCUT2D eigenvalue weighted by Crippen LogP contribution is 2.31. The van der Waals surface area contributed by atoms with Crippen LogP contribution in [0.15, 0.2) is 12.3 Å². The van der Waals surface area contributed by atoms with E-state index in [-0.39, 0.29) is 9.26 Å². The summed E-state index contributed by atoms with van der Waals surface area (Å²) in [6.45, 7) is 0. The average molecular weight is 288 g/mol. The largest absolute Gasteiger partial charge is 0.434 e. The fraction of sp³-hybridized carbons (Fsp3) is 0.167. The lowest BCUT2D eigenvalue weighted by Crippen LogP contribution is -2.10. The molecule has 0 radical (unpaired) electrons. The van der Waals surface area contributed by atoms with Crippen molar-refractivity contribution in [3.05, 3.63) is 21.5 Å². The Morgan fingerprint density at radius 3 is 2.42 bits per heavy atom. The maximum absolute atomic E-state index is 12.1. The highest BCUT2D eigenvalue weighted by Gasteiger charge is 2.34. The van der Waals surface area contributed by atoms with Gasteiger partial charge in [0.05, 0.1) is 11.9 Å². The predicted molar refractivity (Wildman–Crippen MR) is 46.4 cm³/mol. The normalized spacial score (nSPS) is 11.7. The summed E-state index contributed by atoms with van der Waals surface area (Å²) in [6.07, 6.45) is -3.41. The molecular weight excluding hydrogens is 284 g/mol. The Kier molecular flexibility index (Phi) is 2.45. The third-order valence-electron chi connectivity index (χ3n) is 1.13. The summed E-state index contributed by atoms with van der Waals surface area (Å²) in [4.78, 5) is 3.19. The second-order valence-corrected chi connectivity index (χ2v) is 3.26. The lowest BCUT2D eigenvalue weighted by Gasteiger charge is -2.07. The van der Waals surface area contributed by atoms with Crippen LogP contribution in [-0.4, -0.2) is 4.98 Å². The summed E-state index contributed by atoms with van der Waals surface area (Å²) in [7, 11) is 0. The van der Waals surface area contributed by atoms with Crippen molar-refractivity contribution in [1.29, 1.82) is 0 Å². The van der Waals surface area contributed by atoms with Crippen LogP contribution in [0.2, 0.25) is 0 Å². The van der Waals surface area contributed by atoms with Crippen molar-refractivity contribution in [1.82, 2.24) is 4.98 Å². The van der Waals surface area contributed by atoms with Crippen LogP contribution in [0, 0.1) is 3.57 Å². The minimum absolute atomic E-state index is 0.0140. The standard InChI is InChI=1S/C6H4F3IN2/c7-6(8,9)5-4(10)1-3(11)2-12-5/h1-2H,11H2. The van der Waals surface area contributed by atoms with Gasteiger partial charge in [0.2, 0.25) is 0 Å². The van der Waals surface area contributed by atoms with Crippen LogP contribution in [-0.2, 0) is 6.18 Å². The molecule has 0 fully saturated rings. The van der Waals surface area contributed by atoms with Crippen LogP contribution >= 0.6 is 22.6 Å². The number of alkyl halides is 3. The van der Waals surface area contributed by atoms with Crippen molar-refractivity contribution in [2.75, 3.05) is 5.73 Å². The number of nitrogen functional groups attached to an aromatic ring is 1. The van der Waals surface area contributed by atoms with E-state index >= 15 is 0 Å². The first-order valence-electron chi connectivity index (χ1n) is 2.89. The number of rotatable bonds is 0. The SMILES string of the molecule is Nc1cnc(C(F)(F)F)c(I)c1. The monoisotopic (exact) mass is 288 g/mol. The highest BCUT2D eigenvalue weighted by atomic mass is 127. The maximum Gasteiger partial charge on any atom is 0.434 e. The van der Waals surface area contributed by atoms with E-state index < -0.39 is 11.9 Å². The lowest BCUT2D eigenvalue weighted by molar-refractivity contribution is -0.141. The number of aromatic nitrogens is 1. The van der Waals surface area contributed by atoms with Crippen molar-refractivity contribution in [2.45, 2.75) is 6.18 Å². The van der Waals surface area contributed by atoms with Crippen molar-refractivity contribution in [3.63, 3.8) is 0 Å². The molecule has 0 aliphatic heterocycles. The van der Waals surface area contributed by atoms with E-state index in [1.807, 2.05) is 0 Å². The summed E-state index contributed by atoms with van der Waals surface area (Å²) in [5, 5.41) is 0. The third kappa shape index (κ3) is 1.99. The molecule has 12 heavy (non-hydrogen) atoms. The number of anilines is 1. The van der Waals surface area contributed by atoms with Crippen LogP contribution in [0.3, 0.4) is 0 Å². The van der Waals surface area contributed by atoms with E-state index in [0.717, 1.165) is 6.20 Å². The van der Waals surface area contributed by atoms with Gasteiger partial charge in [-0.05, 0) is 28.7 Å². The van der Waals surface area contributed by atoms with Crippen molar-refractivity contribution >= 4 is 28.3 Å². The molecular formula is C6H4F3IN2. The first-order valence-corrected chi connectivity index (χ1v) is 3.97. The van der Waals surface area contributed by atoms with E-state index in [2.05, 4.69) is 4.98 Å². The molecule has 0 amide bonds. The molecule has 0 saturated carbocycles. The molecule has 1 aromatic rings. The molecule has 0 saturated heterocycles. The van der Waals surface area contributed by atoms with Crippen LogP contribution in [0.1, 0.15) is 5.69 Å². The molecule has 0 aromatic carbocycles. The maximum atomic E-state index is 12.1. The van der Waals surface area contributed by atoms with Crippen LogP contribution in [0.25, 0.3) is 0 Å². The van der Waals surface area contributed by atoms with E-state index in [1.165, 1.54) is 6.07 Å². The van der Waals surface area contributed by atoms with Gasteiger partial charge in [0.1, 0.15) is 0 Å². The quantitative estimate of drug-likeness (QED) is 0.744. The fourth-order valence-corrected chi connectivity index (χ4v) is 1.47. The second-order valence-electron chi connectivity index (χ2n) is 2.10. The molecule has 0 bridgehead atoms. The van der Waals surface area contributed by atoms with Gasteiger partial charge in [0.15, 0.2) is 5.69 Å². The molecule has 2 N–H and O–H groups in total. The summed E-state index contributed by atoms with van der Waals surface area (Å²) >= 11 is 1.55. The average Bonchev–Trinajstić information content (AvgIpc) is 1.83.